The van der Waals surface area contributed by atoms with Crippen molar-refractivity contribution in [2.24, 2.45) is 4.99 Å². The minimum atomic E-state index is -4.31. The Bertz CT molecular complexity index is 504. The predicted octanol–water partition coefficient (Wildman–Crippen LogP) is 2.38. The summed E-state index contributed by atoms with van der Waals surface area (Å²) in [6, 6.07) is 5.12. The molecule has 0 heterocycles. The number of nitrogens with one attached hydrogen (secondary N) is 1. The van der Waals surface area contributed by atoms with E-state index in [1.807, 2.05) is 11.9 Å². The van der Waals surface area contributed by atoms with E-state index in [0.717, 1.165) is 17.7 Å². The average molecular weight is 347 g/mol. The second-order valence-corrected chi connectivity index (χ2v) is 5.13. The quantitative estimate of drug-likeness (QED) is 0.446. The van der Waals surface area contributed by atoms with Gasteiger partial charge in [0.1, 0.15) is 0 Å². The minimum absolute atomic E-state index is 0.447. The normalized spacial score (nSPS) is 12.3. The molecule has 0 bridgehead atoms. The molecule has 0 unspecified atom stereocenters. The van der Waals surface area contributed by atoms with E-state index in [4.69, 9.17) is 9.47 Å². The molecule has 0 aliphatic heterocycles. The van der Waals surface area contributed by atoms with Crippen LogP contribution in [-0.2, 0) is 22.2 Å². The van der Waals surface area contributed by atoms with E-state index >= 15 is 0 Å². The van der Waals surface area contributed by atoms with Crippen LogP contribution >= 0.6 is 0 Å². The van der Waals surface area contributed by atoms with Crippen LogP contribution in [0.25, 0.3) is 0 Å². The van der Waals surface area contributed by atoms with E-state index in [9.17, 15) is 13.2 Å². The lowest BCUT2D eigenvalue weighted by Gasteiger charge is -2.22. The van der Waals surface area contributed by atoms with Crippen LogP contribution in [0, 0.1) is 0 Å². The highest BCUT2D eigenvalue weighted by Gasteiger charge is 2.29. The summed E-state index contributed by atoms with van der Waals surface area (Å²) >= 11 is 0. The Kier molecular flexibility index (Phi) is 8.56. The lowest BCUT2D eigenvalue weighted by atomic mass is 10.1. The van der Waals surface area contributed by atoms with Gasteiger partial charge >= 0.3 is 6.18 Å². The Labute approximate surface area is 140 Å². The number of ether oxygens (including phenoxy) is 2. The van der Waals surface area contributed by atoms with Gasteiger partial charge in [0.2, 0.25) is 0 Å². The molecular weight excluding hydrogens is 323 g/mol. The van der Waals surface area contributed by atoms with Crippen molar-refractivity contribution in [3.05, 3.63) is 35.4 Å². The number of alkyl halides is 3. The third-order valence-electron chi connectivity index (χ3n) is 3.24. The molecule has 1 aromatic carbocycles. The number of guanidine groups is 1. The molecule has 1 rings (SSSR count). The van der Waals surface area contributed by atoms with Crippen molar-refractivity contribution in [2.45, 2.75) is 12.7 Å². The van der Waals surface area contributed by atoms with Crippen LogP contribution in [0.4, 0.5) is 13.2 Å². The zero-order chi connectivity index (χ0) is 18.0. The van der Waals surface area contributed by atoms with Gasteiger partial charge in [0.25, 0.3) is 0 Å². The summed E-state index contributed by atoms with van der Waals surface area (Å²) in [5.74, 6) is 0.644. The van der Waals surface area contributed by atoms with E-state index in [1.165, 1.54) is 12.1 Å². The fourth-order valence-electron chi connectivity index (χ4n) is 2.01. The molecule has 1 N–H and O–H groups in total. The van der Waals surface area contributed by atoms with Gasteiger partial charge in [-0.25, -0.2) is 0 Å². The maximum atomic E-state index is 12.6. The average Bonchev–Trinajstić information content (AvgIpc) is 2.54. The fraction of sp³-hybridized carbons (Fsp3) is 0.562. The molecule has 0 aliphatic rings. The number of rotatable bonds is 8. The first-order valence-electron chi connectivity index (χ1n) is 7.53. The van der Waals surface area contributed by atoms with E-state index in [-0.39, 0.29) is 0 Å². The largest absolute Gasteiger partial charge is 0.416 e. The number of hydrogen-bond acceptors (Lipinski definition) is 3. The molecule has 0 atom stereocenters. The Morgan fingerprint density at radius 3 is 2.38 bits per heavy atom. The Morgan fingerprint density at radius 2 is 1.83 bits per heavy atom. The third-order valence-corrected chi connectivity index (χ3v) is 3.24. The number of nitrogens with zero attached hydrogens (tertiary/aromatic N) is 2. The van der Waals surface area contributed by atoms with Crippen molar-refractivity contribution in [1.82, 2.24) is 10.2 Å². The number of halogens is 3. The number of aliphatic imine (C=N–C) groups is 1. The summed E-state index contributed by atoms with van der Waals surface area (Å²) < 4.78 is 47.9. The molecule has 0 saturated carbocycles. The van der Waals surface area contributed by atoms with Gasteiger partial charge in [-0.2, -0.15) is 13.2 Å². The summed E-state index contributed by atoms with van der Waals surface area (Å²) in [4.78, 5) is 5.98. The summed E-state index contributed by atoms with van der Waals surface area (Å²) in [7, 11) is 5.08. The van der Waals surface area contributed by atoms with Crippen LogP contribution in [0.15, 0.2) is 29.3 Å². The molecule has 0 aliphatic carbocycles. The topological polar surface area (TPSA) is 46.1 Å². The number of benzene rings is 1. The van der Waals surface area contributed by atoms with Crippen molar-refractivity contribution in [1.29, 1.82) is 0 Å². The van der Waals surface area contributed by atoms with Crippen LogP contribution in [0.5, 0.6) is 0 Å². The van der Waals surface area contributed by atoms with Crippen LogP contribution in [0.1, 0.15) is 11.1 Å². The first-order valence-corrected chi connectivity index (χ1v) is 7.53. The van der Waals surface area contributed by atoms with Gasteiger partial charge in [0, 0.05) is 34.3 Å². The molecule has 136 valence electrons. The van der Waals surface area contributed by atoms with Gasteiger partial charge in [-0.1, -0.05) is 12.1 Å². The van der Waals surface area contributed by atoms with Gasteiger partial charge in [-0.05, 0) is 17.7 Å². The standard InChI is InChI=1S/C16H24F3N3O2/c1-20-15(21-8-9-24-11-10-23-3)22(2)12-13-4-6-14(7-5-13)16(17,18)19/h4-7H,8-12H2,1-3H3,(H,20,21). The maximum Gasteiger partial charge on any atom is 0.416 e. The second-order valence-electron chi connectivity index (χ2n) is 5.13. The predicted molar refractivity (Wildman–Crippen MR) is 87.0 cm³/mol. The molecule has 0 spiro atoms. The zero-order valence-corrected chi connectivity index (χ0v) is 14.2. The highest BCUT2D eigenvalue weighted by atomic mass is 19.4. The molecule has 24 heavy (non-hydrogen) atoms. The highest BCUT2D eigenvalue weighted by Crippen LogP contribution is 2.29. The second kappa shape index (κ2) is 10.1. The van der Waals surface area contributed by atoms with Crippen LogP contribution in [0.2, 0.25) is 0 Å². The highest BCUT2D eigenvalue weighted by molar-refractivity contribution is 5.79. The van der Waals surface area contributed by atoms with Gasteiger partial charge in [0.05, 0.1) is 25.4 Å². The third kappa shape index (κ3) is 7.18. The van der Waals surface area contributed by atoms with Crippen molar-refractivity contribution in [3.8, 4) is 0 Å². The first kappa shape index (κ1) is 20.2. The summed E-state index contributed by atoms with van der Waals surface area (Å²) in [5.41, 5.74) is 0.120. The molecule has 8 heteroatoms. The lowest BCUT2D eigenvalue weighted by Crippen LogP contribution is -2.40. The molecule has 0 saturated heterocycles. The molecule has 0 fully saturated rings. The van der Waals surface area contributed by atoms with Gasteiger partial charge < -0.3 is 19.7 Å². The van der Waals surface area contributed by atoms with Gasteiger partial charge in [-0.3, -0.25) is 4.99 Å². The molecule has 5 nitrogen and oxygen atoms in total. The van der Waals surface area contributed by atoms with Gasteiger partial charge in [0.15, 0.2) is 5.96 Å². The fourth-order valence-corrected chi connectivity index (χ4v) is 2.01. The molecular formula is C16H24F3N3O2. The molecule has 0 aromatic heterocycles. The minimum Gasteiger partial charge on any atom is -0.382 e. The van der Waals surface area contributed by atoms with Gasteiger partial charge in [-0.15, -0.1) is 0 Å². The van der Waals surface area contributed by atoms with Crippen LogP contribution < -0.4 is 5.32 Å². The number of hydrogen-bond donors (Lipinski definition) is 1. The Hall–Kier alpha value is -1.80. The zero-order valence-electron chi connectivity index (χ0n) is 14.2. The molecule has 1 aromatic rings. The van der Waals surface area contributed by atoms with Crippen molar-refractivity contribution in [3.63, 3.8) is 0 Å². The van der Waals surface area contributed by atoms with E-state index in [0.29, 0.717) is 38.9 Å². The number of methoxy groups -OCH3 is 1. The van der Waals surface area contributed by atoms with Crippen LogP contribution in [0.3, 0.4) is 0 Å². The molecule has 0 amide bonds. The maximum absolute atomic E-state index is 12.6. The van der Waals surface area contributed by atoms with E-state index in [1.54, 1.807) is 14.2 Å². The van der Waals surface area contributed by atoms with E-state index < -0.39 is 11.7 Å². The van der Waals surface area contributed by atoms with Crippen molar-refractivity contribution >= 4 is 5.96 Å². The first-order chi connectivity index (χ1) is 11.4. The summed E-state index contributed by atoms with van der Waals surface area (Å²) in [5, 5.41) is 3.13. The summed E-state index contributed by atoms with van der Waals surface area (Å²) in [6.45, 7) is 2.60. The smallest absolute Gasteiger partial charge is 0.382 e. The van der Waals surface area contributed by atoms with Crippen molar-refractivity contribution in [2.75, 3.05) is 47.6 Å². The Balaban J connectivity index is 2.45. The van der Waals surface area contributed by atoms with E-state index in [2.05, 4.69) is 10.3 Å². The van der Waals surface area contributed by atoms with Crippen LogP contribution in [-0.4, -0.2) is 58.4 Å². The Morgan fingerprint density at radius 1 is 1.17 bits per heavy atom. The monoisotopic (exact) mass is 347 g/mol. The lowest BCUT2D eigenvalue weighted by molar-refractivity contribution is -0.137. The SMILES string of the molecule is CN=C(NCCOCCOC)N(C)Cc1ccc(C(F)(F)F)cc1. The summed E-state index contributed by atoms with van der Waals surface area (Å²) in [6.07, 6.45) is -4.31. The van der Waals surface area contributed by atoms with Crippen molar-refractivity contribution < 1.29 is 22.6 Å². The molecule has 0 radical (unpaired) electrons.